The van der Waals surface area contributed by atoms with E-state index in [2.05, 4.69) is 9.98 Å². The molecule has 0 unspecified atom stereocenters. The van der Waals surface area contributed by atoms with Gasteiger partial charge in [0.25, 0.3) is 0 Å². The zero-order chi connectivity index (χ0) is 8.27. The highest BCUT2D eigenvalue weighted by molar-refractivity contribution is 5.95. The second-order valence-electron chi connectivity index (χ2n) is 1.90. The van der Waals surface area contributed by atoms with Crippen LogP contribution in [0.25, 0.3) is 0 Å². The number of nitrogens with zero attached hydrogens (tertiary/aromatic N) is 3. The van der Waals surface area contributed by atoms with Gasteiger partial charge < -0.3 is 4.57 Å². The second kappa shape index (κ2) is 2.90. The van der Waals surface area contributed by atoms with Gasteiger partial charge in [-0.3, -0.25) is 4.79 Å². The number of carbonyl (C=O) groups excluding carboxylic acids is 2. The molecular weight excluding hydrogens is 146 g/mol. The first-order chi connectivity index (χ1) is 5.25. The van der Waals surface area contributed by atoms with Crippen LogP contribution in [0.15, 0.2) is 17.5 Å². The molecule has 5 heteroatoms. The number of amides is 1. The largest absolute Gasteiger partial charge is 0.330 e. The van der Waals surface area contributed by atoms with E-state index in [4.69, 9.17) is 0 Å². The average Bonchev–Trinajstić information content (AvgIpc) is 2.36. The highest BCUT2D eigenvalue weighted by atomic mass is 16.2. The predicted octanol–water partition coefficient (Wildman–Crippen LogP) is -0.104. The molecule has 56 valence electrons. The molecule has 1 aromatic rings. The number of aliphatic imine (C=N–C) groups is 1. The van der Waals surface area contributed by atoms with Crippen molar-refractivity contribution < 1.29 is 9.59 Å². The Balaban J connectivity index is 3.02. The van der Waals surface area contributed by atoms with Crippen molar-refractivity contribution in [1.29, 1.82) is 0 Å². The summed E-state index contributed by atoms with van der Waals surface area (Å²) in [4.78, 5) is 27.1. The molecule has 0 atom stereocenters. The maximum atomic E-state index is 10.8. The number of aromatic nitrogens is 2. The highest BCUT2D eigenvalue weighted by Crippen LogP contribution is 1.97. The predicted molar refractivity (Wildman–Crippen MR) is 35.7 cm³/mol. The zero-order valence-corrected chi connectivity index (χ0v) is 5.81. The Morgan fingerprint density at radius 2 is 2.55 bits per heavy atom. The maximum absolute atomic E-state index is 10.8. The number of rotatable bonds is 1. The van der Waals surface area contributed by atoms with E-state index in [9.17, 15) is 9.59 Å². The molecule has 0 aromatic carbocycles. The molecule has 0 N–H and O–H groups in total. The van der Waals surface area contributed by atoms with Crippen molar-refractivity contribution in [3.8, 4) is 0 Å². The van der Waals surface area contributed by atoms with Crippen LogP contribution in [0.5, 0.6) is 0 Å². The lowest BCUT2D eigenvalue weighted by molar-refractivity contribution is 0.0995. The maximum Gasteiger partial charge on any atom is 0.305 e. The van der Waals surface area contributed by atoms with Crippen LogP contribution in [-0.4, -0.2) is 21.5 Å². The minimum atomic E-state index is -0.625. The van der Waals surface area contributed by atoms with Gasteiger partial charge in [0.2, 0.25) is 6.08 Å². The summed E-state index contributed by atoms with van der Waals surface area (Å²) in [5.74, 6) is -0.625. The van der Waals surface area contributed by atoms with Crippen molar-refractivity contribution in [1.82, 2.24) is 9.55 Å². The first kappa shape index (κ1) is 7.37. The van der Waals surface area contributed by atoms with Crippen molar-refractivity contribution in [3.05, 3.63) is 18.2 Å². The third-order valence-electron chi connectivity index (χ3n) is 1.18. The smallest absolute Gasteiger partial charge is 0.305 e. The van der Waals surface area contributed by atoms with Gasteiger partial charge >= 0.3 is 5.91 Å². The lowest BCUT2D eigenvalue weighted by atomic mass is 10.4. The number of isocyanates is 1. The summed E-state index contributed by atoms with van der Waals surface area (Å²) in [5.41, 5.74) is 0.272. The van der Waals surface area contributed by atoms with E-state index in [0.29, 0.717) is 0 Å². The van der Waals surface area contributed by atoms with Gasteiger partial charge in [0.05, 0.1) is 12.5 Å². The van der Waals surface area contributed by atoms with Crippen LogP contribution in [0.4, 0.5) is 0 Å². The molecular formula is C6H5N3O2. The van der Waals surface area contributed by atoms with Gasteiger partial charge in [-0.15, -0.1) is 4.99 Å². The SMILES string of the molecule is Cn1cncc1C(=O)N=C=O. The third-order valence-corrected chi connectivity index (χ3v) is 1.18. The minimum Gasteiger partial charge on any atom is -0.330 e. The second-order valence-corrected chi connectivity index (χ2v) is 1.90. The molecule has 0 aliphatic heterocycles. The summed E-state index contributed by atoms with van der Waals surface area (Å²) in [5, 5.41) is 0. The Morgan fingerprint density at radius 1 is 1.82 bits per heavy atom. The van der Waals surface area contributed by atoms with Crippen LogP contribution >= 0.6 is 0 Å². The fraction of sp³-hybridized carbons (Fsp3) is 0.167. The van der Waals surface area contributed by atoms with E-state index in [-0.39, 0.29) is 5.69 Å². The average molecular weight is 151 g/mol. The van der Waals surface area contributed by atoms with Crippen LogP contribution in [0.3, 0.4) is 0 Å². The van der Waals surface area contributed by atoms with E-state index >= 15 is 0 Å². The molecule has 1 aromatic heterocycles. The van der Waals surface area contributed by atoms with Crippen molar-refractivity contribution >= 4 is 12.0 Å². The first-order valence-corrected chi connectivity index (χ1v) is 2.84. The van der Waals surface area contributed by atoms with Gasteiger partial charge in [-0.1, -0.05) is 0 Å². The van der Waals surface area contributed by atoms with E-state index in [0.717, 1.165) is 0 Å². The van der Waals surface area contributed by atoms with E-state index in [1.54, 1.807) is 7.05 Å². The number of imidazole rings is 1. The zero-order valence-electron chi connectivity index (χ0n) is 5.81. The van der Waals surface area contributed by atoms with E-state index in [1.807, 2.05) is 0 Å². The highest BCUT2D eigenvalue weighted by Gasteiger charge is 2.06. The summed E-state index contributed by atoms with van der Waals surface area (Å²) in [7, 11) is 1.64. The fourth-order valence-corrected chi connectivity index (χ4v) is 0.662. The number of carbonyl (C=O) groups is 1. The van der Waals surface area contributed by atoms with Crippen LogP contribution < -0.4 is 0 Å². The van der Waals surface area contributed by atoms with Crippen LogP contribution in [0.2, 0.25) is 0 Å². The van der Waals surface area contributed by atoms with Crippen molar-refractivity contribution in [2.24, 2.45) is 12.0 Å². The number of aryl methyl sites for hydroxylation is 1. The summed E-state index contributed by atoms with van der Waals surface area (Å²) in [6.45, 7) is 0. The molecule has 0 aliphatic carbocycles. The third kappa shape index (κ3) is 1.39. The van der Waals surface area contributed by atoms with Crippen LogP contribution in [-0.2, 0) is 11.8 Å². The van der Waals surface area contributed by atoms with Gasteiger partial charge in [0.15, 0.2) is 0 Å². The quantitative estimate of drug-likeness (QED) is 0.415. The van der Waals surface area contributed by atoms with Crippen molar-refractivity contribution in [2.45, 2.75) is 0 Å². The summed E-state index contributed by atoms with van der Waals surface area (Å²) in [6, 6.07) is 0. The Morgan fingerprint density at radius 3 is 3.00 bits per heavy atom. The van der Waals surface area contributed by atoms with Gasteiger partial charge in [-0.25, -0.2) is 9.78 Å². The molecule has 1 heterocycles. The molecule has 0 aliphatic rings. The molecule has 0 spiro atoms. The topological polar surface area (TPSA) is 64.3 Å². The summed E-state index contributed by atoms with van der Waals surface area (Å²) >= 11 is 0. The molecule has 0 fully saturated rings. The molecule has 0 saturated heterocycles. The van der Waals surface area contributed by atoms with Gasteiger partial charge in [-0.2, -0.15) is 0 Å². The number of hydrogen-bond acceptors (Lipinski definition) is 3. The van der Waals surface area contributed by atoms with Gasteiger partial charge in [-0.05, 0) is 0 Å². The monoisotopic (exact) mass is 151 g/mol. The lowest BCUT2D eigenvalue weighted by Gasteiger charge is -1.91. The van der Waals surface area contributed by atoms with Crippen LogP contribution in [0.1, 0.15) is 10.5 Å². The van der Waals surface area contributed by atoms with E-state index < -0.39 is 5.91 Å². The molecule has 1 rings (SSSR count). The van der Waals surface area contributed by atoms with Crippen molar-refractivity contribution in [2.75, 3.05) is 0 Å². The first-order valence-electron chi connectivity index (χ1n) is 2.84. The summed E-state index contributed by atoms with van der Waals surface area (Å²) < 4.78 is 1.48. The Labute approximate surface area is 62.4 Å². The number of hydrogen-bond donors (Lipinski definition) is 0. The minimum absolute atomic E-state index is 0.272. The normalized spacial score (nSPS) is 8.82. The Hall–Kier alpha value is -1.74. The van der Waals surface area contributed by atoms with E-state index in [1.165, 1.54) is 23.2 Å². The fourth-order valence-electron chi connectivity index (χ4n) is 0.662. The molecule has 11 heavy (non-hydrogen) atoms. The van der Waals surface area contributed by atoms with Gasteiger partial charge in [0, 0.05) is 7.05 Å². The summed E-state index contributed by atoms with van der Waals surface area (Å²) in [6.07, 6.45) is 3.96. The molecule has 0 saturated carbocycles. The Kier molecular flexibility index (Phi) is 1.94. The van der Waals surface area contributed by atoms with Crippen LogP contribution in [0, 0.1) is 0 Å². The van der Waals surface area contributed by atoms with Crippen molar-refractivity contribution in [3.63, 3.8) is 0 Å². The molecule has 0 bridgehead atoms. The standard InChI is InChI=1S/C6H5N3O2/c1-9-3-7-2-5(9)6(11)8-4-10/h2-3H,1H3. The Bertz CT molecular complexity index is 322. The lowest BCUT2D eigenvalue weighted by Crippen LogP contribution is -2.01. The molecule has 1 amide bonds. The molecule has 0 radical (unpaired) electrons. The van der Waals surface area contributed by atoms with Gasteiger partial charge in [0.1, 0.15) is 5.69 Å². The molecule has 5 nitrogen and oxygen atoms in total.